The van der Waals surface area contributed by atoms with Gasteiger partial charge >= 0.3 is 0 Å². The first-order chi connectivity index (χ1) is 8.74. The maximum atomic E-state index is 4.79. The van der Waals surface area contributed by atoms with Crippen molar-refractivity contribution in [1.29, 1.82) is 0 Å². The van der Waals surface area contributed by atoms with Gasteiger partial charge in [-0.05, 0) is 37.6 Å². The maximum Gasteiger partial charge on any atom is 0.0738 e. The zero-order chi connectivity index (χ0) is 12.5. The molecule has 88 valence electrons. The molecule has 0 saturated heterocycles. The number of benzene rings is 2. The molecule has 1 heteroatoms. The Bertz CT molecular complexity index is 699. The van der Waals surface area contributed by atoms with Crippen molar-refractivity contribution in [3.8, 4) is 11.3 Å². The van der Waals surface area contributed by atoms with Crippen molar-refractivity contribution in [3.05, 3.63) is 65.7 Å². The number of fused-ring (bicyclic) bond motifs is 1. The number of pyridine rings is 1. The van der Waals surface area contributed by atoms with Crippen molar-refractivity contribution in [1.82, 2.24) is 4.98 Å². The summed E-state index contributed by atoms with van der Waals surface area (Å²) >= 11 is 0. The molecule has 18 heavy (non-hydrogen) atoms. The van der Waals surface area contributed by atoms with Gasteiger partial charge in [-0.15, -0.1) is 0 Å². The van der Waals surface area contributed by atoms with Crippen LogP contribution in [0.4, 0.5) is 0 Å². The van der Waals surface area contributed by atoms with Gasteiger partial charge in [0.15, 0.2) is 0 Å². The first kappa shape index (κ1) is 11.0. The Morgan fingerprint density at radius 2 is 1.61 bits per heavy atom. The molecule has 1 heterocycles. The fourth-order valence-electron chi connectivity index (χ4n) is 2.29. The summed E-state index contributed by atoms with van der Waals surface area (Å²) in [5.74, 6) is 0. The third-order valence-electron chi connectivity index (χ3n) is 3.21. The molecule has 0 N–H and O–H groups in total. The lowest BCUT2D eigenvalue weighted by Crippen LogP contribution is -1.90. The summed E-state index contributed by atoms with van der Waals surface area (Å²) < 4.78 is 0. The van der Waals surface area contributed by atoms with Crippen LogP contribution in [0.5, 0.6) is 0 Å². The van der Waals surface area contributed by atoms with E-state index in [4.69, 9.17) is 4.98 Å². The van der Waals surface area contributed by atoms with Crippen molar-refractivity contribution >= 4 is 10.9 Å². The molecule has 0 radical (unpaired) electrons. The van der Waals surface area contributed by atoms with Crippen molar-refractivity contribution in [2.75, 3.05) is 0 Å². The van der Waals surface area contributed by atoms with Crippen LogP contribution in [0.25, 0.3) is 22.2 Å². The average Bonchev–Trinajstić information content (AvgIpc) is 2.39. The Balaban J connectivity index is 2.25. The quantitative estimate of drug-likeness (QED) is 0.602. The summed E-state index contributed by atoms with van der Waals surface area (Å²) in [6.07, 6.45) is 0. The van der Waals surface area contributed by atoms with E-state index >= 15 is 0 Å². The minimum Gasteiger partial charge on any atom is -0.248 e. The molecular formula is C17H15N. The van der Waals surface area contributed by atoms with E-state index in [0.717, 1.165) is 11.2 Å². The molecule has 0 amide bonds. The minimum absolute atomic E-state index is 1.06. The van der Waals surface area contributed by atoms with Crippen LogP contribution in [0.2, 0.25) is 0 Å². The average molecular weight is 233 g/mol. The molecule has 1 aromatic heterocycles. The molecule has 0 spiro atoms. The summed E-state index contributed by atoms with van der Waals surface area (Å²) in [6, 6.07) is 19.0. The first-order valence-electron chi connectivity index (χ1n) is 6.17. The molecule has 0 aliphatic rings. The highest BCUT2D eigenvalue weighted by molar-refractivity contribution is 5.83. The molecule has 0 fully saturated rings. The molecule has 0 saturated carbocycles. The molecule has 0 unspecified atom stereocenters. The van der Waals surface area contributed by atoms with E-state index in [9.17, 15) is 0 Å². The number of aromatic nitrogens is 1. The normalized spacial score (nSPS) is 10.8. The van der Waals surface area contributed by atoms with Crippen LogP contribution >= 0.6 is 0 Å². The van der Waals surface area contributed by atoms with Gasteiger partial charge in [-0.25, -0.2) is 4.98 Å². The third-order valence-corrected chi connectivity index (χ3v) is 3.21. The molecule has 0 aliphatic heterocycles. The zero-order valence-corrected chi connectivity index (χ0v) is 10.6. The van der Waals surface area contributed by atoms with Gasteiger partial charge in [0.05, 0.1) is 11.2 Å². The second-order valence-corrected chi connectivity index (χ2v) is 4.72. The molecule has 0 atom stereocenters. The van der Waals surface area contributed by atoms with Crippen LogP contribution in [-0.4, -0.2) is 4.98 Å². The van der Waals surface area contributed by atoms with Gasteiger partial charge in [0.2, 0.25) is 0 Å². The van der Waals surface area contributed by atoms with E-state index < -0.39 is 0 Å². The van der Waals surface area contributed by atoms with Gasteiger partial charge in [-0.1, -0.05) is 42.0 Å². The summed E-state index contributed by atoms with van der Waals surface area (Å²) in [5.41, 5.74) is 5.81. The van der Waals surface area contributed by atoms with Crippen LogP contribution in [0.1, 0.15) is 11.1 Å². The molecule has 0 bridgehead atoms. The van der Waals surface area contributed by atoms with E-state index in [1.807, 2.05) is 6.07 Å². The number of hydrogen-bond donors (Lipinski definition) is 0. The van der Waals surface area contributed by atoms with Crippen molar-refractivity contribution in [2.24, 2.45) is 0 Å². The molecular weight excluding hydrogens is 218 g/mol. The van der Waals surface area contributed by atoms with Crippen LogP contribution in [-0.2, 0) is 0 Å². The standard InChI is InChI=1S/C17H15N/c1-12-8-9-16-15(10-12)11-13(2)17(18-16)14-6-4-3-5-7-14/h3-11H,1-2H3. The Labute approximate surface area is 107 Å². The van der Waals surface area contributed by atoms with Crippen LogP contribution in [0.15, 0.2) is 54.6 Å². The minimum atomic E-state index is 1.06. The fourth-order valence-corrected chi connectivity index (χ4v) is 2.29. The van der Waals surface area contributed by atoms with Crippen LogP contribution in [0, 0.1) is 13.8 Å². The highest BCUT2D eigenvalue weighted by atomic mass is 14.7. The summed E-state index contributed by atoms with van der Waals surface area (Å²) in [7, 11) is 0. The van der Waals surface area contributed by atoms with Crippen LogP contribution < -0.4 is 0 Å². The van der Waals surface area contributed by atoms with E-state index in [1.165, 1.54) is 22.1 Å². The Morgan fingerprint density at radius 3 is 2.39 bits per heavy atom. The molecule has 0 aliphatic carbocycles. The number of hydrogen-bond acceptors (Lipinski definition) is 1. The van der Waals surface area contributed by atoms with Gasteiger partial charge in [0, 0.05) is 10.9 Å². The molecule has 1 nitrogen and oxygen atoms in total. The summed E-state index contributed by atoms with van der Waals surface area (Å²) in [6.45, 7) is 4.23. The molecule has 3 aromatic rings. The lowest BCUT2D eigenvalue weighted by atomic mass is 10.0. The Hall–Kier alpha value is -2.15. The second kappa shape index (κ2) is 4.26. The zero-order valence-electron chi connectivity index (χ0n) is 10.6. The van der Waals surface area contributed by atoms with E-state index in [-0.39, 0.29) is 0 Å². The van der Waals surface area contributed by atoms with E-state index in [0.29, 0.717) is 0 Å². The highest BCUT2D eigenvalue weighted by Crippen LogP contribution is 2.25. The third kappa shape index (κ3) is 1.88. The van der Waals surface area contributed by atoms with Crippen LogP contribution in [0.3, 0.4) is 0 Å². The monoisotopic (exact) mass is 233 g/mol. The number of nitrogens with zero attached hydrogens (tertiary/aromatic N) is 1. The van der Waals surface area contributed by atoms with Crippen molar-refractivity contribution < 1.29 is 0 Å². The number of rotatable bonds is 1. The molecule has 2 aromatic carbocycles. The lowest BCUT2D eigenvalue weighted by Gasteiger charge is -2.08. The van der Waals surface area contributed by atoms with Gasteiger partial charge in [-0.2, -0.15) is 0 Å². The first-order valence-corrected chi connectivity index (χ1v) is 6.17. The lowest BCUT2D eigenvalue weighted by molar-refractivity contribution is 1.32. The number of aryl methyl sites for hydroxylation is 2. The topological polar surface area (TPSA) is 12.9 Å². The van der Waals surface area contributed by atoms with Gasteiger partial charge in [0.1, 0.15) is 0 Å². The smallest absolute Gasteiger partial charge is 0.0738 e. The predicted molar refractivity (Wildman–Crippen MR) is 76.7 cm³/mol. The fraction of sp³-hybridized carbons (Fsp3) is 0.118. The SMILES string of the molecule is Cc1ccc2nc(-c3ccccc3)c(C)cc2c1. The van der Waals surface area contributed by atoms with Crippen molar-refractivity contribution in [2.45, 2.75) is 13.8 Å². The largest absolute Gasteiger partial charge is 0.248 e. The summed E-state index contributed by atoms with van der Waals surface area (Å²) in [5, 5.41) is 1.21. The van der Waals surface area contributed by atoms with E-state index in [1.54, 1.807) is 0 Å². The van der Waals surface area contributed by atoms with Gasteiger partial charge < -0.3 is 0 Å². The summed E-state index contributed by atoms with van der Waals surface area (Å²) in [4.78, 5) is 4.79. The predicted octanol–water partition coefficient (Wildman–Crippen LogP) is 4.52. The maximum absolute atomic E-state index is 4.79. The van der Waals surface area contributed by atoms with Crippen molar-refractivity contribution in [3.63, 3.8) is 0 Å². The van der Waals surface area contributed by atoms with Gasteiger partial charge in [0.25, 0.3) is 0 Å². The van der Waals surface area contributed by atoms with Gasteiger partial charge in [-0.3, -0.25) is 0 Å². The van der Waals surface area contributed by atoms with E-state index in [2.05, 4.69) is 62.4 Å². The molecule has 3 rings (SSSR count). The Kier molecular flexibility index (Phi) is 2.60. The highest BCUT2D eigenvalue weighted by Gasteiger charge is 2.05. The second-order valence-electron chi connectivity index (χ2n) is 4.72. The Morgan fingerprint density at radius 1 is 0.833 bits per heavy atom.